The first-order valence-electron chi connectivity index (χ1n) is 9.79. The van der Waals surface area contributed by atoms with Crippen molar-refractivity contribution >= 4 is 0 Å². The molecule has 0 N–H and O–H groups in total. The summed E-state index contributed by atoms with van der Waals surface area (Å²) in [4.78, 5) is 39.3. The number of aromatic nitrogens is 5. The van der Waals surface area contributed by atoms with Gasteiger partial charge in [0.15, 0.2) is 0 Å². The molecule has 0 atom stereocenters. The first-order valence-corrected chi connectivity index (χ1v) is 9.79. The van der Waals surface area contributed by atoms with Gasteiger partial charge in [-0.15, -0.1) is 0 Å². The van der Waals surface area contributed by atoms with Gasteiger partial charge in [0.05, 0.1) is 24.0 Å². The predicted octanol–water partition coefficient (Wildman–Crippen LogP) is 1.31. The fourth-order valence-corrected chi connectivity index (χ4v) is 3.66. The van der Waals surface area contributed by atoms with Gasteiger partial charge >= 0.3 is 0 Å². The van der Waals surface area contributed by atoms with Crippen LogP contribution in [-0.4, -0.2) is 42.1 Å². The second-order valence-corrected chi connectivity index (χ2v) is 7.55. The quantitative estimate of drug-likeness (QED) is 0.651. The van der Waals surface area contributed by atoms with Gasteiger partial charge in [-0.2, -0.15) is 0 Å². The van der Waals surface area contributed by atoms with Crippen LogP contribution in [0.4, 0.5) is 0 Å². The SMILES string of the molecule is Cn1cnc(CN2CCC(Cn3cnc(-c4ccncc4)cc3=O)CC2)cc1=O. The zero-order valence-electron chi connectivity index (χ0n) is 16.4. The van der Waals surface area contributed by atoms with Crippen LogP contribution >= 0.6 is 0 Å². The minimum absolute atomic E-state index is 0.0291. The van der Waals surface area contributed by atoms with Gasteiger partial charge in [-0.1, -0.05) is 0 Å². The number of hydrogen-bond donors (Lipinski definition) is 0. The Labute approximate surface area is 168 Å². The summed E-state index contributed by atoms with van der Waals surface area (Å²) < 4.78 is 3.18. The van der Waals surface area contributed by atoms with Gasteiger partial charge in [0.25, 0.3) is 11.1 Å². The van der Waals surface area contributed by atoms with Gasteiger partial charge < -0.3 is 4.57 Å². The highest BCUT2D eigenvalue weighted by atomic mass is 16.1. The summed E-state index contributed by atoms with van der Waals surface area (Å²) in [5.74, 6) is 0.439. The molecule has 3 aromatic heterocycles. The molecule has 0 spiro atoms. The molecule has 4 rings (SSSR count). The van der Waals surface area contributed by atoms with Gasteiger partial charge in [0.1, 0.15) is 0 Å². The summed E-state index contributed by atoms with van der Waals surface area (Å²) in [5, 5.41) is 0. The average molecular weight is 392 g/mol. The molecule has 1 aliphatic rings. The number of likely N-dealkylation sites (tertiary alicyclic amines) is 1. The molecular weight excluding hydrogens is 368 g/mol. The van der Waals surface area contributed by atoms with E-state index in [0.717, 1.165) is 37.2 Å². The van der Waals surface area contributed by atoms with E-state index in [4.69, 9.17) is 0 Å². The Morgan fingerprint density at radius 1 is 1.00 bits per heavy atom. The topological polar surface area (TPSA) is 85.9 Å². The molecule has 0 bridgehead atoms. The van der Waals surface area contributed by atoms with E-state index in [1.54, 1.807) is 48.8 Å². The molecule has 8 heteroatoms. The molecule has 1 fully saturated rings. The van der Waals surface area contributed by atoms with Crippen LogP contribution in [0, 0.1) is 5.92 Å². The minimum atomic E-state index is -0.0352. The van der Waals surface area contributed by atoms with E-state index >= 15 is 0 Å². The van der Waals surface area contributed by atoms with Crippen LogP contribution in [0.25, 0.3) is 11.3 Å². The summed E-state index contributed by atoms with van der Waals surface area (Å²) in [7, 11) is 1.70. The van der Waals surface area contributed by atoms with Gasteiger partial charge in [0, 0.05) is 50.2 Å². The predicted molar refractivity (Wildman–Crippen MR) is 109 cm³/mol. The lowest BCUT2D eigenvalue weighted by molar-refractivity contribution is 0.164. The lowest BCUT2D eigenvalue weighted by Gasteiger charge is -2.31. The zero-order valence-corrected chi connectivity index (χ0v) is 16.4. The third kappa shape index (κ3) is 4.65. The Kier molecular flexibility index (Phi) is 5.62. The first-order chi connectivity index (χ1) is 14.1. The van der Waals surface area contributed by atoms with Gasteiger partial charge in [-0.05, 0) is 44.0 Å². The maximum absolute atomic E-state index is 12.5. The first kappa shape index (κ1) is 19.2. The molecule has 150 valence electrons. The fraction of sp³-hybridized carbons (Fsp3) is 0.381. The van der Waals surface area contributed by atoms with Gasteiger partial charge in [-0.3, -0.25) is 24.0 Å². The highest BCUT2D eigenvalue weighted by molar-refractivity contribution is 5.57. The van der Waals surface area contributed by atoms with Crippen LogP contribution in [0.1, 0.15) is 18.5 Å². The molecule has 1 aliphatic heterocycles. The van der Waals surface area contributed by atoms with Crippen molar-refractivity contribution in [1.82, 2.24) is 29.0 Å². The van der Waals surface area contributed by atoms with E-state index in [0.29, 0.717) is 24.7 Å². The van der Waals surface area contributed by atoms with Crippen molar-refractivity contribution in [3.05, 3.63) is 75.7 Å². The molecule has 0 unspecified atom stereocenters. The van der Waals surface area contributed by atoms with Crippen LogP contribution in [-0.2, 0) is 20.1 Å². The molecule has 3 aromatic rings. The number of rotatable bonds is 5. The minimum Gasteiger partial charge on any atom is -0.302 e. The maximum Gasteiger partial charge on any atom is 0.253 e. The van der Waals surface area contributed by atoms with Crippen molar-refractivity contribution in [2.24, 2.45) is 13.0 Å². The molecule has 0 aromatic carbocycles. The van der Waals surface area contributed by atoms with Crippen LogP contribution in [0.3, 0.4) is 0 Å². The standard InChI is InChI=1S/C21H24N6O2/c1-25-14-23-18(10-20(25)28)13-26-8-4-16(5-9-26)12-27-15-24-19(11-21(27)29)17-2-6-22-7-3-17/h2-3,6-7,10-11,14-16H,4-5,8-9,12-13H2,1H3. The summed E-state index contributed by atoms with van der Waals surface area (Å²) in [6.45, 7) is 3.23. The van der Waals surface area contributed by atoms with Crippen LogP contribution < -0.4 is 11.1 Å². The number of pyridine rings is 1. The largest absolute Gasteiger partial charge is 0.302 e. The summed E-state index contributed by atoms with van der Waals surface area (Å²) in [6.07, 6.45) is 8.61. The van der Waals surface area contributed by atoms with Crippen molar-refractivity contribution in [1.29, 1.82) is 0 Å². The molecule has 0 aliphatic carbocycles. The van der Waals surface area contributed by atoms with Crippen LogP contribution in [0.15, 0.2) is 58.9 Å². The summed E-state index contributed by atoms with van der Waals surface area (Å²) >= 11 is 0. The van der Waals surface area contributed by atoms with E-state index in [2.05, 4.69) is 19.9 Å². The Morgan fingerprint density at radius 2 is 1.76 bits per heavy atom. The Balaban J connectivity index is 1.34. The van der Waals surface area contributed by atoms with Crippen LogP contribution in [0.2, 0.25) is 0 Å². The van der Waals surface area contributed by atoms with E-state index in [-0.39, 0.29) is 11.1 Å². The van der Waals surface area contributed by atoms with Gasteiger partial charge in [0.2, 0.25) is 0 Å². The summed E-state index contributed by atoms with van der Waals surface area (Å²) in [6, 6.07) is 6.88. The monoisotopic (exact) mass is 392 g/mol. The maximum atomic E-state index is 12.5. The lowest BCUT2D eigenvalue weighted by Crippen LogP contribution is -2.36. The summed E-state index contributed by atoms with van der Waals surface area (Å²) in [5.41, 5.74) is 2.30. The van der Waals surface area contributed by atoms with Crippen molar-refractivity contribution < 1.29 is 0 Å². The molecule has 8 nitrogen and oxygen atoms in total. The number of piperidine rings is 1. The number of nitrogens with zero attached hydrogens (tertiary/aromatic N) is 6. The highest BCUT2D eigenvalue weighted by Gasteiger charge is 2.20. The Hall–Kier alpha value is -3.13. The third-order valence-electron chi connectivity index (χ3n) is 5.44. The smallest absolute Gasteiger partial charge is 0.253 e. The lowest BCUT2D eigenvalue weighted by atomic mass is 9.96. The van der Waals surface area contributed by atoms with Gasteiger partial charge in [-0.25, -0.2) is 9.97 Å². The van der Waals surface area contributed by atoms with Crippen molar-refractivity contribution in [3.63, 3.8) is 0 Å². The highest BCUT2D eigenvalue weighted by Crippen LogP contribution is 2.20. The number of hydrogen-bond acceptors (Lipinski definition) is 6. The molecule has 4 heterocycles. The average Bonchev–Trinajstić information content (AvgIpc) is 2.74. The molecule has 0 amide bonds. The van der Waals surface area contributed by atoms with Crippen LogP contribution in [0.5, 0.6) is 0 Å². The van der Waals surface area contributed by atoms with Crippen molar-refractivity contribution in [2.45, 2.75) is 25.9 Å². The van der Waals surface area contributed by atoms with E-state index in [1.165, 1.54) is 4.57 Å². The third-order valence-corrected chi connectivity index (χ3v) is 5.44. The second kappa shape index (κ2) is 8.48. The Bertz CT molecular complexity index is 1080. The molecule has 29 heavy (non-hydrogen) atoms. The van der Waals surface area contributed by atoms with E-state index in [1.807, 2.05) is 12.1 Å². The van der Waals surface area contributed by atoms with Crippen molar-refractivity contribution in [3.8, 4) is 11.3 Å². The van der Waals surface area contributed by atoms with E-state index in [9.17, 15) is 9.59 Å². The fourth-order valence-electron chi connectivity index (χ4n) is 3.66. The van der Waals surface area contributed by atoms with E-state index < -0.39 is 0 Å². The molecule has 0 radical (unpaired) electrons. The van der Waals surface area contributed by atoms with Crippen molar-refractivity contribution in [2.75, 3.05) is 13.1 Å². The Morgan fingerprint density at radius 3 is 2.45 bits per heavy atom. The second-order valence-electron chi connectivity index (χ2n) is 7.55. The zero-order chi connectivity index (χ0) is 20.2. The number of aryl methyl sites for hydroxylation is 1. The molecule has 0 saturated carbocycles. The molecular formula is C21H24N6O2. The molecule has 1 saturated heterocycles. The normalized spacial score (nSPS) is 15.5.